The van der Waals surface area contributed by atoms with Crippen molar-refractivity contribution >= 4 is 23.6 Å². The molecule has 0 saturated carbocycles. The standard InChI is InChI=1S/C27H29FN4O4/c1-4-18-13-22(26(33)31-11-7-5-6-8-16(31)2)29-24-14-21(30-32(18)24)19-9-10-23-20(25(19)28)12-17(15-36-23)27(34)35-3/h9-10,12-14,16H,4-8,11,15H2,1-3H3/t16-/m1/s1. The number of hydrogen-bond donors (Lipinski definition) is 0. The summed E-state index contributed by atoms with van der Waals surface area (Å²) >= 11 is 0. The molecule has 0 N–H and O–H groups in total. The molecule has 3 aromatic rings. The summed E-state index contributed by atoms with van der Waals surface area (Å²) in [6, 6.07) is 6.89. The number of fused-ring (bicyclic) bond motifs is 2. The van der Waals surface area contributed by atoms with Crippen LogP contribution in [0.1, 0.15) is 61.3 Å². The van der Waals surface area contributed by atoms with Gasteiger partial charge in [0.05, 0.1) is 23.9 Å². The number of benzene rings is 1. The second-order valence-corrected chi connectivity index (χ2v) is 9.27. The predicted molar refractivity (Wildman–Crippen MR) is 132 cm³/mol. The summed E-state index contributed by atoms with van der Waals surface area (Å²) in [5.74, 6) is -0.850. The Labute approximate surface area is 208 Å². The monoisotopic (exact) mass is 492 g/mol. The lowest BCUT2D eigenvalue weighted by atomic mass is 10.0. The van der Waals surface area contributed by atoms with Crippen LogP contribution in [-0.4, -0.2) is 57.7 Å². The lowest BCUT2D eigenvalue weighted by Crippen LogP contribution is -2.38. The number of hydrogen-bond acceptors (Lipinski definition) is 6. The van der Waals surface area contributed by atoms with Gasteiger partial charge in [0.25, 0.3) is 5.91 Å². The Hall–Kier alpha value is -3.75. The van der Waals surface area contributed by atoms with Crippen molar-refractivity contribution in [1.29, 1.82) is 0 Å². The van der Waals surface area contributed by atoms with E-state index in [2.05, 4.69) is 17.0 Å². The van der Waals surface area contributed by atoms with Gasteiger partial charge in [-0.1, -0.05) is 19.8 Å². The van der Waals surface area contributed by atoms with Crippen molar-refractivity contribution in [3.63, 3.8) is 0 Å². The van der Waals surface area contributed by atoms with E-state index < -0.39 is 11.8 Å². The normalized spacial score (nSPS) is 17.7. The van der Waals surface area contributed by atoms with Crippen molar-refractivity contribution in [2.24, 2.45) is 0 Å². The van der Waals surface area contributed by atoms with Crippen LogP contribution < -0.4 is 4.74 Å². The number of ether oxygens (including phenoxy) is 2. The lowest BCUT2D eigenvalue weighted by Gasteiger charge is -2.27. The zero-order chi connectivity index (χ0) is 25.4. The molecule has 9 heteroatoms. The number of methoxy groups -OCH3 is 1. The minimum atomic E-state index is -0.564. The van der Waals surface area contributed by atoms with E-state index >= 15 is 4.39 Å². The van der Waals surface area contributed by atoms with Crippen molar-refractivity contribution in [2.75, 3.05) is 20.3 Å². The van der Waals surface area contributed by atoms with E-state index in [1.165, 1.54) is 13.2 Å². The van der Waals surface area contributed by atoms with Gasteiger partial charge in [-0.15, -0.1) is 0 Å². The van der Waals surface area contributed by atoms with Crippen molar-refractivity contribution in [1.82, 2.24) is 19.5 Å². The van der Waals surface area contributed by atoms with Crippen LogP contribution in [0, 0.1) is 5.82 Å². The number of nitrogens with zero attached hydrogens (tertiary/aromatic N) is 4. The lowest BCUT2D eigenvalue weighted by molar-refractivity contribution is -0.136. The number of aromatic nitrogens is 3. The number of amides is 1. The number of carbonyl (C=O) groups is 2. The van der Waals surface area contributed by atoms with Crippen molar-refractivity contribution < 1.29 is 23.5 Å². The van der Waals surface area contributed by atoms with Gasteiger partial charge in [-0.05, 0) is 50.5 Å². The Bertz CT molecular complexity index is 1380. The molecule has 2 aliphatic heterocycles. The minimum absolute atomic E-state index is 0.0169. The summed E-state index contributed by atoms with van der Waals surface area (Å²) in [7, 11) is 1.27. The second kappa shape index (κ2) is 9.72. The molecule has 2 aliphatic rings. The highest BCUT2D eigenvalue weighted by atomic mass is 19.1. The van der Waals surface area contributed by atoms with Gasteiger partial charge >= 0.3 is 5.97 Å². The first-order valence-corrected chi connectivity index (χ1v) is 12.4. The molecule has 8 nitrogen and oxygen atoms in total. The van der Waals surface area contributed by atoms with Gasteiger partial charge in [-0.25, -0.2) is 18.7 Å². The molecule has 1 fully saturated rings. The van der Waals surface area contributed by atoms with E-state index in [1.54, 1.807) is 28.8 Å². The first-order valence-electron chi connectivity index (χ1n) is 12.4. The van der Waals surface area contributed by atoms with E-state index in [1.807, 2.05) is 11.8 Å². The zero-order valence-electron chi connectivity index (χ0n) is 20.7. The van der Waals surface area contributed by atoms with Crippen LogP contribution in [0.15, 0.2) is 29.8 Å². The fourth-order valence-corrected chi connectivity index (χ4v) is 4.91. The molecule has 1 saturated heterocycles. The minimum Gasteiger partial charge on any atom is -0.488 e. The van der Waals surface area contributed by atoms with Crippen LogP contribution in [0.2, 0.25) is 0 Å². The molecule has 1 aromatic carbocycles. The highest BCUT2D eigenvalue weighted by Crippen LogP contribution is 2.35. The van der Waals surface area contributed by atoms with Crippen molar-refractivity contribution in [3.05, 3.63) is 52.6 Å². The maximum atomic E-state index is 15.6. The number of carbonyl (C=O) groups excluding carboxylic acids is 2. The Morgan fingerprint density at radius 3 is 2.83 bits per heavy atom. The molecule has 0 aliphatic carbocycles. The Kier molecular flexibility index (Phi) is 6.47. The topological polar surface area (TPSA) is 86.0 Å². The largest absolute Gasteiger partial charge is 0.488 e. The quantitative estimate of drug-likeness (QED) is 0.500. The van der Waals surface area contributed by atoms with Crippen LogP contribution in [0.3, 0.4) is 0 Å². The number of likely N-dealkylation sites (tertiary alicyclic amines) is 1. The maximum absolute atomic E-state index is 15.6. The highest BCUT2D eigenvalue weighted by Gasteiger charge is 2.26. The Balaban J connectivity index is 1.55. The Morgan fingerprint density at radius 1 is 1.22 bits per heavy atom. The molecule has 188 valence electrons. The fourth-order valence-electron chi connectivity index (χ4n) is 4.91. The van der Waals surface area contributed by atoms with E-state index in [0.717, 1.165) is 37.9 Å². The van der Waals surface area contributed by atoms with Crippen LogP contribution in [-0.2, 0) is 16.0 Å². The number of aryl methyl sites for hydroxylation is 1. The first kappa shape index (κ1) is 24.0. The summed E-state index contributed by atoms with van der Waals surface area (Å²) in [6.45, 7) is 4.81. The SMILES string of the molecule is CCc1cc(C(=O)N2CCCCC[C@H]2C)nc2cc(-c3ccc4c(c3F)C=C(C(=O)OC)CO4)nn12. The molecular weight excluding hydrogens is 463 g/mol. The predicted octanol–water partition coefficient (Wildman–Crippen LogP) is 4.45. The summed E-state index contributed by atoms with van der Waals surface area (Å²) in [5, 5.41) is 4.61. The zero-order valence-corrected chi connectivity index (χ0v) is 20.7. The summed E-state index contributed by atoms with van der Waals surface area (Å²) < 4.78 is 27.6. The van der Waals surface area contributed by atoms with Gasteiger partial charge in [0.15, 0.2) is 5.65 Å². The highest BCUT2D eigenvalue weighted by molar-refractivity contribution is 5.95. The third kappa shape index (κ3) is 4.23. The first-order chi connectivity index (χ1) is 17.4. The molecule has 36 heavy (non-hydrogen) atoms. The van der Waals surface area contributed by atoms with Gasteiger partial charge in [0.1, 0.15) is 23.9 Å². The van der Waals surface area contributed by atoms with Crippen LogP contribution >= 0.6 is 0 Å². The molecule has 1 atom stereocenters. The van der Waals surface area contributed by atoms with Crippen molar-refractivity contribution in [2.45, 2.75) is 52.0 Å². The van der Waals surface area contributed by atoms with E-state index in [4.69, 9.17) is 9.47 Å². The molecule has 0 spiro atoms. The molecule has 0 bridgehead atoms. The van der Waals surface area contributed by atoms with Gasteiger partial charge in [-0.2, -0.15) is 5.10 Å². The Morgan fingerprint density at radius 2 is 2.06 bits per heavy atom. The summed E-state index contributed by atoms with van der Waals surface area (Å²) in [5.41, 5.74) is 2.71. The van der Waals surface area contributed by atoms with Crippen LogP contribution in [0.5, 0.6) is 5.75 Å². The van der Waals surface area contributed by atoms with Crippen LogP contribution in [0.25, 0.3) is 23.0 Å². The molecular formula is C27H29FN4O4. The fraction of sp³-hybridized carbons (Fsp3) is 0.407. The van der Waals surface area contributed by atoms with E-state index in [0.29, 0.717) is 29.2 Å². The van der Waals surface area contributed by atoms with E-state index in [-0.39, 0.29) is 35.3 Å². The molecule has 1 amide bonds. The third-order valence-electron chi connectivity index (χ3n) is 6.96. The van der Waals surface area contributed by atoms with Gasteiger partial charge in [-0.3, -0.25) is 4.79 Å². The summed E-state index contributed by atoms with van der Waals surface area (Å²) in [4.78, 5) is 31.9. The van der Waals surface area contributed by atoms with Gasteiger partial charge in [0.2, 0.25) is 0 Å². The number of halogens is 1. The van der Waals surface area contributed by atoms with Gasteiger partial charge in [0, 0.05) is 29.9 Å². The average molecular weight is 493 g/mol. The number of esters is 1. The maximum Gasteiger partial charge on any atom is 0.337 e. The molecule has 0 radical (unpaired) electrons. The average Bonchev–Trinajstić information content (AvgIpc) is 3.21. The second-order valence-electron chi connectivity index (χ2n) is 9.27. The molecule has 4 heterocycles. The molecule has 0 unspecified atom stereocenters. The van der Waals surface area contributed by atoms with Crippen molar-refractivity contribution in [3.8, 4) is 17.0 Å². The molecule has 5 rings (SSSR count). The van der Waals surface area contributed by atoms with Crippen LogP contribution in [0.4, 0.5) is 4.39 Å². The van der Waals surface area contributed by atoms with Gasteiger partial charge < -0.3 is 14.4 Å². The summed E-state index contributed by atoms with van der Waals surface area (Å²) in [6.07, 6.45) is 6.30. The smallest absolute Gasteiger partial charge is 0.337 e. The third-order valence-corrected chi connectivity index (χ3v) is 6.96. The van der Waals surface area contributed by atoms with E-state index in [9.17, 15) is 9.59 Å². The number of rotatable bonds is 4. The molecule has 2 aromatic heterocycles.